The summed E-state index contributed by atoms with van der Waals surface area (Å²) in [7, 11) is 0. The highest BCUT2D eigenvalue weighted by molar-refractivity contribution is 6.30. The van der Waals surface area contributed by atoms with E-state index >= 15 is 0 Å². The number of benzene rings is 2. The normalized spacial score (nSPS) is 16.4. The van der Waals surface area contributed by atoms with Crippen LogP contribution in [-0.2, 0) is 12.0 Å². The Labute approximate surface area is 188 Å². The van der Waals surface area contributed by atoms with Crippen molar-refractivity contribution in [1.29, 1.82) is 0 Å². The van der Waals surface area contributed by atoms with Crippen molar-refractivity contribution in [3.8, 4) is 0 Å². The Hall–Kier alpha value is -2.92. The summed E-state index contributed by atoms with van der Waals surface area (Å²) in [5.74, 6) is 0. The second-order valence-electron chi connectivity index (χ2n) is 8.51. The molecule has 2 amide bonds. The lowest BCUT2D eigenvalue weighted by Crippen LogP contribution is -2.48. The van der Waals surface area contributed by atoms with Crippen LogP contribution in [0.5, 0.6) is 0 Å². The van der Waals surface area contributed by atoms with Crippen molar-refractivity contribution >= 4 is 17.6 Å². The molecule has 1 aromatic heterocycles. The van der Waals surface area contributed by atoms with Crippen molar-refractivity contribution in [2.75, 3.05) is 6.54 Å². The number of nitrogens with zero attached hydrogens (tertiary/aromatic N) is 3. The maximum Gasteiger partial charge on any atom is 0.318 e. The first-order valence-corrected chi connectivity index (χ1v) is 11.0. The van der Waals surface area contributed by atoms with Crippen LogP contribution in [0.15, 0.2) is 67.1 Å². The van der Waals surface area contributed by atoms with Gasteiger partial charge in [0.2, 0.25) is 0 Å². The maximum atomic E-state index is 13.3. The van der Waals surface area contributed by atoms with Gasteiger partial charge in [-0.15, -0.1) is 0 Å². The van der Waals surface area contributed by atoms with E-state index in [9.17, 15) is 4.79 Å². The quantitative estimate of drug-likeness (QED) is 0.576. The van der Waals surface area contributed by atoms with Gasteiger partial charge in [0, 0.05) is 24.2 Å². The van der Waals surface area contributed by atoms with E-state index in [0.717, 1.165) is 35.2 Å². The summed E-state index contributed by atoms with van der Waals surface area (Å²) in [6.45, 7) is 4.77. The molecule has 2 aromatic carbocycles. The van der Waals surface area contributed by atoms with Crippen molar-refractivity contribution in [2.45, 2.75) is 44.7 Å². The number of amides is 2. The van der Waals surface area contributed by atoms with Gasteiger partial charge in [-0.1, -0.05) is 54.1 Å². The Morgan fingerprint density at radius 3 is 2.65 bits per heavy atom. The molecule has 1 aliphatic rings. The van der Waals surface area contributed by atoms with Gasteiger partial charge in [0.05, 0.1) is 17.3 Å². The van der Waals surface area contributed by atoms with Crippen LogP contribution in [0.25, 0.3) is 0 Å². The first kappa shape index (κ1) is 21.3. The van der Waals surface area contributed by atoms with Crippen molar-refractivity contribution in [3.05, 3.63) is 94.5 Å². The van der Waals surface area contributed by atoms with Crippen molar-refractivity contribution in [1.82, 2.24) is 20.2 Å². The van der Waals surface area contributed by atoms with Gasteiger partial charge in [-0.25, -0.2) is 14.8 Å². The minimum absolute atomic E-state index is 0.0585. The van der Waals surface area contributed by atoms with Crippen molar-refractivity contribution < 1.29 is 4.79 Å². The fourth-order valence-corrected chi connectivity index (χ4v) is 4.31. The van der Waals surface area contributed by atoms with E-state index < -0.39 is 5.54 Å². The zero-order valence-electron chi connectivity index (χ0n) is 17.9. The Morgan fingerprint density at radius 2 is 1.90 bits per heavy atom. The Morgan fingerprint density at radius 1 is 1.16 bits per heavy atom. The monoisotopic (exact) mass is 434 g/mol. The van der Waals surface area contributed by atoms with E-state index in [0.29, 0.717) is 18.0 Å². The number of hydrogen-bond acceptors (Lipinski definition) is 3. The molecule has 1 aliphatic heterocycles. The number of halogens is 1. The van der Waals surface area contributed by atoms with Crippen LogP contribution in [-0.4, -0.2) is 27.4 Å². The predicted octanol–water partition coefficient (Wildman–Crippen LogP) is 5.50. The highest BCUT2D eigenvalue weighted by Gasteiger charge is 2.35. The molecule has 1 atom stereocenters. The van der Waals surface area contributed by atoms with E-state index in [4.69, 9.17) is 11.6 Å². The largest absolute Gasteiger partial charge is 0.329 e. The number of likely N-dealkylation sites (tertiary alicyclic amines) is 1. The first-order valence-electron chi connectivity index (χ1n) is 10.6. The van der Waals surface area contributed by atoms with Crippen LogP contribution in [0.1, 0.15) is 55.1 Å². The van der Waals surface area contributed by atoms with Gasteiger partial charge in [0.1, 0.15) is 6.33 Å². The predicted molar refractivity (Wildman–Crippen MR) is 123 cm³/mol. The molecule has 160 valence electrons. The molecule has 4 rings (SSSR count). The molecule has 5 nitrogen and oxygen atoms in total. The Balaban J connectivity index is 1.55. The smallest absolute Gasteiger partial charge is 0.318 e. The fourth-order valence-electron chi connectivity index (χ4n) is 4.19. The van der Waals surface area contributed by atoms with Crippen molar-refractivity contribution in [2.24, 2.45) is 0 Å². The third-order valence-corrected chi connectivity index (χ3v) is 6.13. The van der Waals surface area contributed by atoms with Crippen LogP contribution in [0.2, 0.25) is 5.02 Å². The molecule has 0 radical (unpaired) electrons. The molecule has 0 spiro atoms. The van der Waals surface area contributed by atoms with Crippen LogP contribution in [0, 0.1) is 0 Å². The molecular formula is C25H27ClN4O. The molecule has 0 aliphatic carbocycles. The molecule has 1 saturated heterocycles. The zero-order valence-corrected chi connectivity index (χ0v) is 18.6. The lowest BCUT2D eigenvalue weighted by molar-refractivity contribution is 0.180. The SMILES string of the molecule is CC(C)(NC(=O)N1CCC[C@@H]1c1ncncc1Cc1ccc(Cl)cc1)c1ccccc1. The second kappa shape index (κ2) is 9.06. The highest BCUT2D eigenvalue weighted by Crippen LogP contribution is 2.34. The molecule has 0 bridgehead atoms. The van der Waals surface area contributed by atoms with E-state index in [1.165, 1.54) is 0 Å². The molecule has 1 N–H and O–H groups in total. The number of urea groups is 1. The lowest BCUT2D eigenvalue weighted by atomic mass is 9.94. The van der Waals surface area contributed by atoms with Crippen LogP contribution in [0.4, 0.5) is 4.79 Å². The van der Waals surface area contributed by atoms with E-state index in [-0.39, 0.29) is 12.1 Å². The molecule has 3 aromatic rings. The highest BCUT2D eigenvalue weighted by atomic mass is 35.5. The average molecular weight is 435 g/mol. The van der Waals surface area contributed by atoms with Gasteiger partial charge >= 0.3 is 6.03 Å². The van der Waals surface area contributed by atoms with Crippen LogP contribution in [0.3, 0.4) is 0 Å². The summed E-state index contributed by atoms with van der Waals surface area (Å²) >= 11 is 6.02. The number of hydrogen-bond donors (Lipinski definition) is 1. The molecule has 0 saturated carbocycles. The van der Waals surface area contributed by atoms with Gasteiger partial charge in [-0.2, -0.15) is 0 Å². The summed E-state index contributed by atoms with van der Waals surface area (Å²) in [6, 6.07) is 17.7. The summed E-state index contributed by atoms with van der Waals surface area (Å²) in [4.78, 5) is 24.0. The third kappa shape index (κ3) is 4.88. The van der Waals surface area contributed by atoms with Crippen molar-refractivity contribution in [3.63, 3.8) is 0 Å². The third-order valence-electron chi connectivity index (χ3n) is 5.87. The van der Waals surface area contributed by atoms with E-state index in [2.05, 4.69) is 15.3 Å². The van der Waals surface area contributed by atoms with E-state index in [1.54, 1.807) is 6.33 Å². The molecule has 1 fully saturated rings. The minimum atomic E-state index is -0.469. The Bertz CT molecular complexity index is 1040. The van der Waals surface area contributed by atoms with Gasteiger partial charge in [-0.3, -0.25) is 0 Å². The summed E-state index contributed by atoms with van der Waals surface area (Å²) in [6.07, 6.45) is 5.98. The van der Waals surface area contributed by atoms with Gasteiger partial charge < -0.3 is 10.2 Å². The summed E-state index contributed by atoms with van der Waals surface area (Å²) in [5.41, 5.74) is 3.71. The number of aromatic nitrogens is 2. The standard InChI is InChI=1S/C25H27ClN4O/c1-25(2,20-7-4-3-5-8-20)29-24(31)30-14-6-9-22(30)23-19(16-27-17-28-23)15-18-10-12-21(26)13-11-18/h3-5,7-8,10-13,16-17,22H,6,9,14-15H2,1-2H3,(H,29,31)/t22-/m1/s1. The first-order chi connectivity index (χ1) is 14.9. The van der Waals surface area contributed by atoms with Gasteiger partial charge in [0.25, 0.3) is 0 Å². The van der Waals surface area contributed by atoms with Crippen LogP contribution < -0.4 is 5.32 Å². The lowest BCUT2D eigenvalue weighted by Gasteiger charge is -2.32. The number of carbonyl (C=O) groups is 1. The fraction of sp³-hybridized carbons (Fsp3) is 0.320. The Kier molecular flexibility index (Phi) is 6.23. The minimum Gasteiger partial charge on any atom is -0.329 e. The topological polar surface area (TPSA) is 58.1 Å². The maximum absolute atomic E-state index is 13.3. The number of nitrogens with one attached hydrogen (secondary N) is 1. The average Bonchev–Trinajstić information content (AvgIpc) is 3.26. The summed E-state index contributed by atoms with van der Waals surface area (Å²) < 4.78 is 0. The van der Waals surface area contributed by atoms with Gasteiger partial charge in [-0.05, 0) is 55.5 Å². The molecule has 31 heavy (non-hydrogen) atoms. The number of carbonyl (C=O) groups excluding carboxylic acids is 1. The molecular weight excluding hydrogens is 408 g/mol. The van der Waals surface area contributed by atoms with Crippen LogP contribution >= 0.6 is 11.6 Å². The molecule has 0 unspecified atom stereocenters. The molecule has 6 heteroatoms. The summed E-state index contributed by atoms with van der Waals surface area (Å²) in [5, 5.41) is 3.93. The molecule has 2 heterocycles. The van der Waals surface area contributed by atoms with Gasteiger partial charge in [0.15, 0.2) is 0 Å². The zero-order chi connectivity index (χ0) is 21.8. The second-order valence-corrected chi connectivity index (χ2v) is 8.95. The number of rotatable bonds is 5. The van der Waals surface area contributed by atoms with E-state index in [1.807, 2.05) is 79.5 Å².